The number of carboxylic acid groups (broad SMARTS) is 1. The van der Waals surface area contributed by atoms with Crippen LogP contribution in [0.15, 0.2) is 0 Å². The number of rotatable bonds is 12. The molecule has 0 radical (unpaired) electrons. The highest BCUT2D eigenvalue weighted by Crippen LogP contribution is 2.11. The number of hydrogen-bond acceptors (Lipinski definition) is 4. The van der Waals surface area contributed by atoms with Gasteiger partial charge in [-0.25, -0.2) is 14.6 Å². The van der Waals surface area contributed by atoms with Gasteiger partial charge in [0.05, 0.1) is 13.2 Å². The predicted octanol–water partition coefficient (Wildman–Crippen LogP) is 3.77. The van der Waals surface area contributed by atoms with E-state index in [2.05, 4.69) is 13.8 Å². The van der Waals surface area contributed by atoms with E-state index in [-0.39, 0.29) is 6.10 Å². The SMILES string of the molecule is CCCCCC(CCOOCCCC)OC(=O)O. The van der Waals surface area contributed by atoms with Crippen LogP contribution in [0.5, 0.6) is 0 Å². The summed E-state index contributed by atoms with van der Waals surface area (Å²) in [7, 11) is 0. The van der Waals surface area contributed by atoms with Gasteiger partial charge in [0.1, 0.15) is 6.10 Å². The van der Waals surface area contributed by atoms with Crippen LogP contribution >= 0.6 is 0 Å². The number of hydrogen-bond donors (Lipinski definition) is 1. The van der Waals surface area contributed by atoms with Crippen molar-refractivity contribution in [2.75, 3.05) is 13.2 Å². The van der Waals surface area contributed by atoms with Crippen LogP contribution < -0.4 is 0 Å². The van der Waals surface area contributed by atoms with Crippen LogP contribution in [0.4, 0.5) is 4.79 Å². The summed E-state index contributed by atoms with van der Waals surface area (Å²) in [6.45, 7) is 5.14. The Morgan fingerprint density at radius 3 is 2.28 bits per heavy atom. The fourth-order valence-corrected chi connectivity index (χ4v) is 1.53. The summed E-state index contributed by atoms with van der Waals surface area (Å²) in [5, 5.41) is 8.62. The second kappa shape index (κ2) is 12.6. The van der Waals surface area contributed by atoms with Crippen molar-refractivity contribution in [2.45, 2.75) is 64.9 Å². The molecule has 0 rings (SSSR count). The second-order valence-electron chi connectivity index (χ2n) is 4.29. The quantitative estimate of drug-likeness (QED) is 0.251. The van der Waals surface area contributed by atoms with Crippen LogP contribution in [0, 0.1) is 0 Å². The van der Waals surface area contributed by atoms with Crippen molar-refractivity contribution in [3.8, 4) is 0 Å². The molecule has 0 aliphatic rings. The highest BCUT2D eigenvalue weighted by molar-refractivity contribution is 5.57. The van der Waals surface area contributed by atoms with Crippen LogP contribution in [0.3, 0.4) is 0 Å². The molecule has 0 saturated carbocycles. The van der Waals surface area contributed by atoms with E-state index in [0.717, 1.165) is 38.5 Å². The molecular weight excluding hydrogens is 236 g/mol. The summed E-state index contributed by atoms with van der Waals surface area (Å²) in [4.78, 5) is 20.5. The fourth-order valence-electron chi connectivity index (χ4n) is 1.53. The summed E-state index contributed by atoms with van der Waals surface area (Å²) < 4.78 is 4.81. The van der Waals surface area contributed by atoms with Gasteiger partial charge in [-0.05, 0) is 19.3 Å². The minimum Gasteiger partial charge on any atom is -0.450 e. The smallest absolute Gasteiger partial charge is 0.450 e. The molecule has 1 unspecified atom stereocenters. The lowest BCUT2D eigenvalue weighted by molar-refractivity contribution is -0.297. The Balaban J connectivity index is 3.61. The Bertz CT molecular complexity index is 196. The van der Waals surface area contributed by atoms with Crippen molar-refractivity contribution in [2.24, 2.45) is 0 Å². The summed E-state index contributed by atoms with van der Waals surface area (Å²) in [6.07, 6.45) is 4.99. The zero-order valence-corrected chi connectivity index (χ0v) is 11.5. The van der Waals surface area contributed by atoms with E-state index in [1.54, 1.807) is 0 Å². The Labute approximate surface area is 109 Å². The zero-order chi connectivity index (χ0) is 13.6. The molecule has 0 aliphatic carbocycles. The van der Waals surface area contributed by atoms with Gasteiger partial charge in [-0.3, -0.25) is 0 Å². The molecule has 0 aromatic heterocycles. The first-order chi connectivity index (χ1) is 8.70. The average Bonchev–Trinajstić information content (AvgIpc) is 2.33. The van der Waals surface area contributed by atoms with Gasteiger partial charge in [-0.15, -0.1) is 0 Å². The Hall–Kier alpha value is -0.810. The Morgan fingerprint density at radius 2 is 1.67 bits per heavy atom. The standard InChI is InChI=1S/C13H26O5/c1-3-5-7-8-12(18-13(14)15)9-11-17-16-10-6-4-2/h12H,3-11H2,1-2H3,(H,14,15). The lowest BCUT2D eigenvalue weighted by atomic mass is 10.1. The minimum absolute atomic E-state index is 0.288. The lowest BCUT2D eigenvalue weighted by Crippen LogP contribution is -2.19. The molecule has 108 valence electrons. The molecule has 0 spiro atoms. The van der Waals surface area contributed by atoms with Crippen LogP contribution in [-0.2, 0) is 14.5 Å². The molecule has 5 heteroatoms. The number of unbranched alkanes of at least 4 members (excludes halogenated alkanes) is 3. The first kappa shape index (κ1) is 17.2. The third kappa shape index (κ3) is 11.7. The van der Waals surface area contributed by atoms with Gasteiger partial charge in [-0.2, -0.15) is 0 Å². The van der Waals surface area contributed by atoms with Gasteiger partial charge in [-0.1, -0.05) is 33.1 Å². The van der Waals surface area contributed by atoms with Gasteiger partial charge in [0.25, 0.3) is 0 Å². The fraction of sp³-hybridized carbons (Fsp3) is 0.923. The van der Waals surface area contributed by atoms with Crippen molar-refractivity contribution in [1.29, 1.82) is 0 Å². The lowest BCUT2D eigenvalue weighted by Gasteiger charge is -2.15. The van der Waals surface area contributed by atoms with Crippen LogP contribution in [0.25, 0.3) is 0 Å². The Kier molecular flexibility index (Phi) is 12.1. The van der Waals surface area contributed by atoms with E-state index in [9.17, 15) is 4.79 Å². The molecule has 0 aromatic rings. The van der Waals surface area contributed by atoms with Gasteiger partial charge < -0.3 is 9.84 Å². The summed E-state index contributed by atoms with van der Waals surface area (Å²) in [5.74, 6) is 0. The van der Waals surface area contributed by atoms with E-state index in [1.165, 1.54) is 0 Å². The van der Waals surface area contributed by atoms with Crippen molar-refractivity contribution in [1.82, 2.24) is 0 Å². The van der Waals surface area contributed by atoms with E-state index < -0.39 is 6.16 Å². The number of ether oxygens (including phenoxy) is 1. The molecule has 0 bridgehead atoms. The molecule has 1 N–H and O–H groups in total. The maximum absolute atomic E-state index is 10.5. The number of carbonyl (C=O) groups is 1. The van der Waals surface area contributed by atoms with E-state index in [0.29, 0.717) is 19.6 Å². The topological polar surface area (TPSA) is 65.0 Å². The van der Waals surface area contributed by atoms with Crippen molar-refractivity contribution in [3.63, 3.8) is 0 Å². The average molecular weight is 262 g/mol. The molecule has 0 aromatic carbocycles. The third-order valence-corrected chi connectivity index (χ3v) is 2.58. The molecule has 18 heavy (non-hydrogen) atoms. The van der Waals surface area contributed by atoms with E-state index >= 15 is 0 Å². The summed E-state index contributed by atoms with van der Waals surface area (Å²) in [5.41, 5.74) is 0. The summed E-state index contributed by atoms with van der Waals surface area (Å²) >= 11 is 0. The molecule has 0 aliphatic heterocycles. The van der Waals surface area contributed by atoms with E-state index in [4.69, 9.17) is 19.6 Å². The molecule has 5 nitrogen and oxygen atoms in total. The van der Waals surface area contributed by atoms with Crippen LogP contribution in [0.2, 0.25) is 0 Å². The molecule has 0 amide bonds. The van der Waals surface area contributed by atoms with Crippen molar-refractivity contribution in [3.05, 3.63) is 0 Å². The van der Waals surface area contributed by atoms with Gasteiger partial charge in [0.2, 0.25) is 0 Å². The molecule has 0 saturated heterocycles. The zero-order valence-electron chi connectivity index (χ0n) is 11.5. The summed E-state index contributed by atoms with van der Waals surface area (Å²) in [6, 6.07) is 0. The Morgan fingerprint density at radius 1 is 1.00 bits per heavy atom. The largest absolute Gasteiger partial charge is 0.506 e. The van der Waals surface area contributed by atoms with Crippen LogP contribution in [-0.4, -0.2) is 30.6 Å². The van der Waals surface area contributed by atoms with Crippen molar-refractivity contribution < 1.29 is 24.4 Å². The van der Waals surface area contributed by atoms with Crippen LogP contribution in [0.1, 0.15) is 58.8 Å². The highest BCUT2D eigenvalue weighted by Gasteiger charge is 2.13. The predicted molar refractivity (Wildman–Crippen MR) is 68.5 cm³/mol. The maximum atomic E-state index is 10.5. The molecule has 1 atom stereocenters. The van der Waals surface area contributed by atoms with Crippen molar-refractivity contribution >= 4 is 6.16 Å². The molecule has 0 heterocycles. The third-order valence-electron chi connectivity index (χ3n) is 2.58. The molecular formula is C13H26O5. The van der Waals surface area contributed by atoms with E-state index in [1.807, 2.05) is 0 Å². The second-order valence-corrected chi connectivity index (χ2v) is 4.29. The molecule has 0 fully saturated rings. The first-order valence-electron chi connectivity index (χ1n) is 6.84. The van der Waals surface area contributed by atoms with Gasteiger partial charge >= 0.3 is 6.16 Å². The normalized spacial score (nSPS) is 12.3. The highest BCUT2D eigenvalue weighted by atomic mass is 17.2. The van der Waals surface area contributed by atoms with Gasteiger partial charge in [0.15, 0.2) is 0 Å². The van der Waals surface area contributed by atoms with Gasteiger partial charge in [0, 0.05) is 6.42 Å². The monoisotopic (exact) mass is 262 g/mol. The minimum atomic E-state index is -1.22. The maximum Gasteiger partial charge on any atom is 0.506 e. The first-order valence-corrected chi connectivity index (χ1v) is 6.84.